The molecule has 3 aromatic rings. The number of nitrogens with one attached hydrogen (secondary N) is 1. The first-order chi connectivity index (χ1) is 13.0. The summed E-state index contributed by atoms with van der Waals surface area (Å²) in [6.45, 7) is 4.32. The molecule has 142 valence electrons. The number of carbonyl (C=O) groups is 1. The molecule has 3 rings (SSSR count). The van der Waals surface area contributed by atoms with Gasteiger partial charge in [-0.25, -0.2) is 4.98 Å². The van der Waals surface area contributed by atoms with Crippen molar-refractivity contribution in [2.24, 2.45) is 5.92 Å². The molecule has 0 saturated carbocycles. The van der Waals surface area contributed by atoms with E-state index in [1.54, 1.807) is 0 Å². The third-order valence-corrected chi connectivity index (χ3v) is 4.38. The minimum atomic E-state index is -0.932. The average molecular weight is 366 g/mol. The number of nitrogens with zero attached hydrogens (tertiary/aromatic N) is 1. The van der Waals surface area contributed by atoms with Crippen LogP contribution < -0.4 is 0 Å². The van der Waals surface area contributed by atoms with Gasteiger partial charge in [-0.05, 0) is 24.0 Å². The fraction of sp³-hybridized carbons (Fsp3) is 0.364. The van der Waals surface area contributed by atoms with Gasteiger partial charge in [0.25, 0.3) is 0 Å². The molecular weight excluding hydrogens is 340 g/mol. The molecule has 0 fully saturated rings. The molecule has 0 spiro atoms. The second kappa shape index (κ2) is 8.82. The number of ether oxygens (including phenoxy) is 1. The van der Waals surface area contributed by atoms with Crippen LogP contribution >= 0.6 is 0 Å². The number of carbonyl (C=O) groups excluding carboxylic acids is 1. The first kappa shape index (κ1) is 19.1. The molecule has 5 heteroatoms. The number of H-pyrrole nitrogens is 1. The molecule has 1 atom stereocenters. The molecule has 0 bridgehead atoms. The number of aliphatic hydroxyl groups is 1. The summed E-state index contributed by atoms with van der Waals surface area (Å²) in [5.41, 5.74) is 3.48. The Balaban J connectivity index is 1.70. The van der Waals surface area contributed by atoms with E-state index in [2.05, 4.69) is 22.1 Å². The first-order valence-corrected chi connectivity index (χ1v) is 9.38. The fourth-order valence-electron chi connectivity index (χ4n) is 2.99. The van der Waals surface area contributed by atoms with Crippen LogP contribution in [0.3, 0.4) is 0 Å². The number of fused-ring (bicyclic) bond motifs is 1. The molecular formula is C22H26N2O3. The Morgan fingerprint density at radius 3 is 2.63 bits per heavy atom. The third-order valence-electron chi connectivity index (χ3n) is 4.38. The minimum absolute atomic E-state index is 0.0714. The Morgan fingerprint density at radius 1 is 1.11 bits per heavy atom. The minimum Gasteiger partial charge on any atom is -0.465 e. The second-order valence-corrected chi connectivity index (χ2v) is 7.21. The van der Waals surface area contributed by atoms with E-state index in [1.807, 2.05) is 50.2 Å². The van der Waals surface area contributed by atoms with Gasteiger partial charge in [0.1, 0.15) is 5.82 Å². The number of aliphatic hydroxyl groups excluding tert-OH is 1. The third kappa shape index (κ3) is 5.17. The average Bonchev–Trinajstić information content (AvgIpc) is 3.08. The molecule has 1 aromatic heterocycles. The van der Waals surface area contributed by atoms with Crippen molar-refractivity contribution >= 4 is 17.0 Å². The van der Waals surface area contributed by atoms with Crippen molar-refractivity contribution in [1.82, 2.24) is 9.97 Å². The maximum absolute atomic E-state index is 11.9. The van der Waals surface area contributed by atoms with E-state index >= 15 is 0 Å². The quantitative estimate of drug-likeness (QED) is 0.592. The zero-order valence-corrected chi connectivity index (χ0v) is 15.8. The Labute approximate surface area is 159 Å². The van der Waals surface area contributed by atoms with Gasteiger partial charge in [0.2, 0.25) is 0 Å². The van der Waals surface area contributed by atoms with Crippen molar-refractivity contribution in [3.8, 4) is 0 Å². The van der Waals surface area contributed by atoms with Crippen LogP contribution in [0.15, 0.2) is 48.5 Å². The van der Waals surface area contributed by atoms with Crippen LogP contribution in [0.4, 0.5) is 0 Å². The fourth-order valence-corrected chi connectivity index (χ4v) is 2.99. The van der Waals surface area contributed by atoms with Crippen molar-refractivity contribution in [1.29, 1.82) is 0 Å². The van der Waals surface area contributed by atoms with Crippen molar-refractivity contribution in [3.63, 3.8) is 0 Å². The van der Waals surface area contributed by atoms with Crippen LogP contribution in [-0.2, 0) is 22.4 Å². The summed E-state index contributed by atoms with van der Waals surface area (Å²) in [5, 5.41) is 10.5. The largest absolute Gasteiger partial charge is 0.465 e. The number of aryl methyl sites for hydroxylation is 2. The monoisotopic (exact) mass is 366 g/mol. The summed E-state index contributed by atoms with van der Waals surface area (Å²) in [5.74, 6) is 0.747. The number of hydrogen-bond donors (Lipinski definition) is 2. The van der Waals surface area contributed by atoms with E-state index in [0.717, 1.165) is 24.2 Å². The van der Waals surface area contributed by atoms with Gasteiger partial charge in [0.15, 0.2) is 0 Å². The Hall–Kier alpha value is -2.66. The molecule has 0 amide bonds. The maximum Gasteiger partial charge on any atom is 0.308 e. The van der Waals surface area contributed by atoms with Gasteiger partial charge < -0.3 is 14.8 Å². The number of aromatic nitrogens is 2. The van der Waals surface area contributed by atoms with Gasteiger partial charge in [0, 0.05) is 12.0 Å². The lowest BCUT2D eigenvalue weighted by molar-refractivity contribution is -0.147. The van der Waals surface area contributed by atoms with Crippen molar-refractivity contribution in [2.75, 3.05) is 6.61 Å². The highest BCUT2D eigenvalue weighted by atomic mass is 16.5. The number of para-hydroxylation sites is 1. The number of imidazole rings is 1. The predicted octanol–water partition coefficient (Wildman–Crippen LogP) is 3.97. The van der Waals surface area contributed by atoms with Crippen LogP contribution in [0.25, 0.3) is 11.0 Å². The number of rotatable bonds is 8. The summed E-state index contributed by atoms with van der Waals surface area (Å²) >= 11 is 0. The van der Waals surface area contributed by atoms with Gasteiger partial charge in [-0.3, -0.25) is 4.79 Å². The highest BCUT2D eigenvalue weighted by Gasteiger charge is 2.18. The van der Waals surface area contributed by atoms with Crippen LogP contribution in [0.2, 0.25) is 0 Å². The Kier molecular flexibility index (Phi) is 6.24. The molecule has 27 heavy (non-hydrogen) atoms. The molecule has 1 unspecified atom stereocenters. The number of esters is 1. The lowest BCUT2D eigenvalue weighted by Crippen LogP contribution is -2.13. The summed E-state index contributed by atoms with van der Waals surface area (Å²) in [4.78, 5) is 19.9. The van der Waals surface area contributed by atoms with E-state index < -0.39 is 12.1 Å². The molecule has 0 radical (unpaired) electrons. The van der Waals surface area contributed by atoms with Gasteiger partial charge in [-0.15, -0.1) is 0 Å². The maximum atomic E-state index is 11.9. The van der Waals surface area contributed by atoms with E-state index in [0.29, 0.717) is 17.7 Å². The zero-order valence-electron chi connectivity index (χ0n) is 15.8. The van der Waals surface area contributed by atoms with Gasteiger partial charge in [0.05, 0.1) is 30.2 Å². The molecule has 0 aliphatic carbocycles. The Morgan fingerprint density at radius 2 is 1.89 bits per heavy atom. The van der Waals surface area contributed by atoms with Crippen LogP contribution in [0.5, 0.6) is 0 Å². The van der Waals surface area contributed by atoms with Gasteiger partial charge >= 0.3 is 5.97 Å². The molecule has 5 nitrogen and oxygen atoms in total. The van der Waals surface area contributed by atoms with E-state index in [9.17, 15) is 9.90 Å². The van der Waals surface area contributed by atoms with E-state index in [4.69, 9.17) is 4.74 Å². The highest BCUT2D eigenvalue weighted by Crippen LogP contribution is 2.25. The molecule has 0 aliphatic rings. The number of hydrogen-bond acceptors (Lipinski definition) is 4. The smallest absolute Gasteiger partial charge is 0.308 e. The Bertz CT molecular complexity index is 887. The number of aromatic amines is 1. The standard InChI is InChI=1S/C22H26N2O3/c1-15(2)14-27-21(26)13-19(25)17-9-6-10-18-22(17)24-20(23-18)12-11-16-7-4-3-5-8-16/h3-10,15,19,25H,11-14H2,1-2H3,(H,23,24). The van der Waals surface area contributed by atoms with E-state index in [1.165, 1.54) is 5.56 Å². The van der Waals surface area contributed by atoms with Crippen molar-refractivity contribution < 1.29 is 14.6 Å². The predicted molar refractivity (Wildman–Crippen MR) is 105 cm³/mol. The summed E-state index contributed by atoms with van der Waals surface area (Å²) < 4.78 is 5.17. The summed E-state index contributed by atoms with van der Waals surface area (Å²) in [6.07, 6.45) is 0.668. The van der Waals surface area contributed by atoms with Gasteiger partial charge in [-0.2, -0.15) is 0 Å². The first-order valence-electron chi connectivity index (χ1n) is 9.38. The molecule has 0 saturated heterocycles. The molecule has 2 N–H and O–H groups in total. The zero-order chi connectivity index (χ0) is 19.2. The molecule has 2 aromatic carbocycles. The topological polar surface area (TPSA) is 75.2 Å². The lowest BCUT2D eigenvalue weighted by atomic mass is 10.1. The normalized spacial score (nSPS) is 12.4. The SMILES string of the molecule is CC(C)COC(=O)CC(O)c1cccc2[nH]c(CCc3ccccc3)nc12. The van der Waals surface area contributed by atoms with Crippen molar-refractivity contribution in [2.45, 2.75) is 39.2 Å². The second-order valence-electron chi connectivity index (χ2n) is 7.21. The molecule has 1 heterocycles. The van der Waals surface area contributed by atoms with Crippen molar-refractivity contribution in [3.05, 3.63) is 65.5 Å². The van der Waals surface area contributed by atoms with Crippen LogP contribution in [0, 0.1) is 5.92 Å². The summed E-state index contributed by atoms with van der Waals surface area (Å²) in [6, 6.07) is 15.9. The summed E-state index contributed by atoms with van der Waals surface area (Å²) in [7, 11) is 0. The van der Waals surface area contributed by atoms with Crippen LogP contribution in [0.1, 0.15) is 43.3 Å². The van der Waals surface area contributed by atoms with Gasteiger partial charge in [-0.1, -0.05) is 56.3 Å². The van der Waals surface area contributed by atoms with E-state index in [-0.39, 0.29) is 12.3 Å². The van der Waals surface area contributed by atoms with Crippen LogP contribution in [-0.4, -0.2) is 27.7 Å². The molecule has 0 aliphatic heterocycles. The highest BCUT2D eigenvalue weighted by molar-refractivity contribution is 5.80. The number of benzene rings is 2. The lowest BCUT2D eigenvalue weighted by Gasteiger charge is -2.12.